The molecular formula is C11H11Cl2N. The molecule has 0 saturated carbocycles. The first-order valence-electron chi connectivity index (χ1n) is 4.61. The van der Waals surface area contributed by atoms with Crippen LogP contribution in [-0.4, -0.2) is 12.6 Å². The zero-order valence-electron chi connectivity index (χ0n) is 7.69. The summed E-state index contributed by atoms with van der Waals surface area (Å²) in [6.45, 7) is 5.95. The zero-order chi connectivity index (χ0) is 10.1. The molecule has 1 aromatic carbocycles. The minimum Gasteiger partial charge on any atom is -0.313 e. The summed E-state index contributed by atoms with van der Waals surface area (Å²) in [5.74, 6) is 0. The van der Waals surface area contributed by atoms with E-state index in [-0.39, 0.29) is 0 Å². The van der Waals surface area contributed by atoms with Crippen molar-refractivity contribution >= 4 is 23.2 Å². The van der Waals surface area contributed by atoms with E-state index in [1.165, 1.54) is 11.1 Å². The lowest BCUT2D eigenvalue weighted by Gasteiger charge is -2.07. The Morgan fingerprint density at radius 3 is 2.14 bits per heavy atom. The van der Waals surface area contributed by atoms with Crippen molar-refractivity contribution in [2.75, 3.05) is 6.54 Å². The third-order valence-corrected chi connectivity index (χ3v) is 3.30. The van der Waals surface area contributed by atoms with Crippen LogP contribution in [0.25, 0.3) is 0 Å². The summed E-state index contributed by atoms with van der Waals surface area (Å²) in [5.41, 5.74) is 2.57. The van der Waals surface area contributed by atoms with Gasteiger partial charge in [-0.25, -0.2) is 0 Å². The lowest BCUT2D eigenvalue weighted by molar-refractivity contribution is 0.566. The van der Waals surface area contributed by atoms with Crippen molar-refractivity contribution in [2.24, 2.45) is 0 Å². The van der Waals surface area contributed by atoms with E-state index in [4.69, 9.17) is 30.1 Å². The first kappa shape index (κ1) is 10.3. The predicted molar refractivity (Wildman–Crippen MR) is 60.0 cm³/mol. The Balaban J connectivity index is 2.23. The van der Waals surface area contributed by atoms with E-state index < -0.39 is 0 Å². The molecule has 1 aliphatic rings. The molecule has 2 radical (unpaired) electrons. The summed E-state index contributed by atoms with van der Waals surface area (Å²) in [5, 5.41) is 4.50. The molecule has 1 N–H and O–H groups in total. The Morgan fingerprint density at radius 1 is 1.21 bits per heavy atom. The van der Waals surface area contributed by atoms with Crippen LogP contribution in [-0.2, 0) is 12.8 Å². The van der Waals surface area contributed by atoms with Gasteiger partial charge in [0.25, 0.3) is 0 Å². The molecule has 1 nitrogen and oxygen atoms in total. The number of halogens is 2. The van der Waals surface area contributed by atoms with Crippen LogP contribution in [0.3, 0.4) is 0 Å². The van der Waals surface area contributed by atoms with Crippen molar-refractivity contribution in [3.63, 3.8) is 0 Å². The largest absolute Gasteiger partial charge is 0.313 e. The van der Waals surface area contributed by atoms with Gasteiger partial charge < -0.3 is 5.32 Å². The average molecular weight is 228 g/mol. The Hall–Kier alpha value is -0.240. The lowest BCUT2D eigenvalue weighted by atomic mass is 10.1. The average Bonchev–Trinajstić information content (AvgIpc) is 2.48. The van der Waals surface area contributed by atoms with Gasteiger partial charge in [-0.1, -0.05) is 23.2 Å². The SMILES string of the molecule is [CH]CNC1Cc2cc(Cl)c(Cl)cc2C1. The van der Waals surface area contributed by atoms with E-state index in [1.807, 2.05) is 12.1 Å². The predicted octanol–water partition coefficient (Wildman–Crippen LogP) is 2.76. The van der Waals surface area contributed by atoms with Gasteiger partial charge in [0.15, 0.2) is 0 Å². The summed E-state index contributed by atoms with van der Waals surface area (Å²) >= 11 is 11.9. The highest BCUT2D eigenvalue weighted by molar-refractivity contribution is 6.42. The summed E-state index contributed by atoms with van der Waals surface area (Å²) in [4.78, 5) is 0. The van der Waals surface area contributed by atoms with Crippen LogP contribution in [0, 0.1) is 6.92 Å². The molecule has 0 amide bonds. The van der Waals surface area contributed by atoms with Crippen molar-refractivity contribution in [3.8, 4) is 0 Å². The maximum Gasteiger partial charge on any atom is 0.0595 e. The van der Waals surface area contributed by atoms with Gasteiger partial charge in [0, 0.05) is 6.04 Å². The number of benzene rings is 1. The number of hydrogen-bond acceptors (Lipinski definition) is 1. The maximum absolute atomic E-state index is 5.94. The third kappa shape index (κ3) is 1.90. The molecule has 0 heterocycles. The Labute approximate surface area is 94.4 Å². The number of hydrogen-bond donors (Lipinski definition) is 1. The number of fused-ring (bicyclic) bond motifs is 1. The van der Waals surface area contributed by atoms with Gasteiger partial charge in [-0.3, -0.25) is 0 Å². The van der Waals surface area contributed by atoms with Gasteiger partial charge in [0.05, 0.1) is 10.0 Å². The van der Waals surface area contributed by atoms with Gasteiger partial charge >= 0.3 is 0 Å². The van der Waals surface area contributed by atoms with Gasteiger partial charge in [0.2, 0.25) is 0 Å². The van der Waals surface area contributed by atoms with E-state index >= 15 is 0 Å². The second-order valence-electron chi connectivity index (χ2n) is 3.55. The van der Waals surface area contributed by atoms with E-state index in [0.717, 1.165) is 12.8 Å². The molecule has 74 valence electrons. The maximum atomic E-state index is 5.94. The van der Waals surface area contributed by atoms with Crippen LogP contribution in [0.15, 0.2) is 12.1 Å². The number of nitrogens with one attached hydrogen (secondary N) is 1. The van der Waals surface area contributed by atoms with Gasteiger partial charge in [-0.05, 0) is 49.6 Å². The molecule has 0 spiro atoms. The van der Waals surface area contributed by atoms with Crippen LogP contribution in [0.5, 0.6) is 0 Å². The quantitative estimate of drug-likeness (QED) is 0.820. The van der Waals surface area contributed by atoms with E-state index in [9.17, 15) is 0 Å². The Kier molecular flexibility index (Phi) is 3.01. The van der Waals surface area contributed by atoms with Crippen molar-refractivity contribution in [2.45, 2.75) is 18.9 Å². The lowest BCUT2D eigenvalue weighted by Crippen LogP contribution is -2.29. The molecule has 0 aromatic heterocycles. The smallest absolute Gasteiger partial charge is 0.0595 e. The first-order chi connectivity index (χ1) is 6.70. The fourth-order valence-corrected chi connectivity index (χ4v) is 2.30. The summed E-state index contributed by atoms with van der Waals surface area (Å²) < 4.78 is 0. The summed E-state index contributed by atoms with van der Waals surface area (Å²) in [6.07, 6.45) is 1.98. The second-order valence-corrected chi connectivity index (χ2v) is 4.36. The minimum atomic E-state index is 0.435. The topological polar surface area (TPSA) is 12.0 Å². The Morgan fingerprint density at radius 2 is 1.71 bits per heavy atom. The van der Waals surface area contributed by atoms with Crippen LogP contribution in [0.4, 0.5) is 0 Å². The standard InChI is InChI=1S/C11H11Cl2N/c1-2-14-9-3-7-5-10(12)11(13)6-8(7)4-9/h1,5-6,9,14H,2-4H2. The van der Waals surface area contributed by atoms with Crippen LogP contribution in [0.1, 0.15) is 11.1 Å². The molecule has 3 heteroatoms. The molecule has 0 saturated heterocycles. The third-order valence-electron chi connectivity index (χ3n) is 2.58. The normalized spacial score (nSPS) is 15.9. The van der Waals surface area contributed by atoms with E-state index in [2.05, 4.69) is 5.32 Å². The summed E-state index contributed by atoms with van der Waals surface area (Å²) in [6, 6.07) is 4.35. The molecule has 2 rings (SSSR count). The molecule has 0 bridgehead atoms. The van der Waals surface area contributed by atoms with Crippen molar-refractivity contribution in [3.05, 3.63) is 40.2 Å². The molecular weight excluding hydrogens is 217 g/mol. The zero-order valence-corrected chi connectivity index (χ0v) is 9.20. The minimum absolute atomic E-state index is 0.435. The van der Waals surface area contributed by atoms with Crippen molar-refractivity contribution in [1.29, 1.82) is 0 Å². The summed E-state index contributed by atoms with van der Waals surface area (Å²) in [7, 11) is 0. The molecule has 0 aliphatic heterocycles. The fourth-order valence-electron chi connectivity index (χ4n) is 1.92. The molecule has 0 unspecified atom stereocenters. The molecule has 1 aromatic rings. The van der Waals surface area contributed by atoms with Crippen molar-refractivity contribution in [1.82, 2.24) is 5.32 Å². The second kappa shape index (κ2) is 4.09. The van der Waals surface area contributed by atoms with Crippen LogP contribution in [0.2, 0.25) is 10.0 Å². The highest BCUT2D eigenvalue weighted by Gasteiger charge is 2.21. The Bertz CT molecular complexity index is 318. The number of rotatable bonds is 2. The van der Waals surface area contributed by atoms with Crippen molar-refractivity contribution < 1.29 is 0 Å². The van der Waals surface area contributed by atoms with E-state index in [1.54, 1.807) is 0 Å². The van der Waals surface area contributed by atoms with Gasteiger partial charge in [-0.2, -0.15) is 0 Å². The van der Waals surface area contributed by atoms with E-state index in [0.29, 0.717) is 22.6 Å². The highest BCUT2D eigenvalue weighted by Crippen LogP contribution is 2.31. The first-order valence-corrected chi connectivity index (χ1v) is 5.36. The monoisotopic (exact) mass is 227 g/mol. The van der Waals surface area contributed by atoms with Crippen LogP contribution >= 0.6 is 23.2 Å². The highest BCUT2D eigenvalue weighted by atomic mass is 35.5. The molecule has 0 atom stereocenters. The van der Waals surface area contributed by atoms with Gasteiger partial charge in [0.1, 0.15) is 0 Å². The molecule has 1 aliphatic carbocycles. The van der Waals surface area contributed by atoms with Gasteiger partial charge in [-0.15, -0.1) is 0 Å². The molecule has 14 heavy (non-hydrogen) atoms. The fraction of sp³-hybridized carbons (Fsp3) is 0.364. The molecule has 0 fully saturated rings. The van der Waals surface area contributed by atoms with Crippen LogP contribution < -0.4 is 5.32 Å².